The molecule has 2 heterocycles. The molecule has 0 aliphatic carbocycles. The van der Waals surface area contributed by atoms with E-state index in [-0.39, 0.29) is 10.8 Å². The van der Waals surface area contributed by atoms with Crippen LogP contribution in [0.5, 0.6) is 5.75 Å². The number of hydrogen-bond acceptors (Lipinski definition) is 4. The van der Waals surface area contributed by atoms with Crippen LogP contribution in [0.25, 0.3) is 10.9 Å². The third-order valence-corrected chi connectivity index (χ3v) is 5.44. The summed E-state index contributed by atoms with van der Waals surface area (Å²) in [5, 5.41) is 3.79. The molecule has 2 aromatic carbocycles. The van der Waals surface area contributed by atoms with Gasteiger partial charge in [-0.1, -0.05) is 18.2 Å². The minimum atomic E-state index is -2.89. The molecule has 0 fully saturated rings. The van der Waals surface area contributed by atoms with E-state index in [1.54, 1.807) is 13.0 Å². The van der Waals surface area contributed by atoms with E-state index in [4.69, 9.17) is 16.3 Å². The standard InChI is InChI=1S/C19H14BrClF3N3O/c1-8(9-3-2-4-10(14(9)22)17(23)24)25-18-12-7-13(20)16-11(5-6-28-16)15(12)26-19(21)27-18/h2-4,7-8,17H,5-6H2,1H3,(H,25,26,27). The summed E-state index contributed by atoms with van der Waals surface area (Å²) < 4.78 is 46.9. The van der Waals surface area contributed by atoms with Crippen molar-refractivity contribution in [1.29, 1.82) is 0 Å². The Hall–Kier alpha value is -2.06. The van der Waals surface area contributed by atoms with E-state index < -0.39 is 23.8 Å². The molecule has 1 N–H and O–H groups in total. The summed E-state index contributed by atoms with van der Waals surface area (Å²) >= 11 is 9.59. The van der Waals surface area contributed by atoms with E-state index in [1.807, 2.05) is 0 Å². The Morgan fingerprint density at radius 1 is 1.25 bits per heavy atom. The lowest BCUT2D eigenvalue weighted by Crippen LogP contribution is -2.12. The van der Waals surface area contributed by atoms with Crippen LogP contribution in [-0.2, 0) is 6.42 Å². The molecule has 4 nitrogen and oxygen atoms in total. The lowest BCUT2D eigenvalue weighted by atomic mass is 10.0. The maximum Gasteiger partial charge on any atom is 0.266 e. The summed E-state index contributed by atoms with van der Waals surface area (Å²) in [5.74, 6) is 0.175. The van der Waals surface area contributed by atoms with Gasteiger partial charge in [-0.05, 0) is 40.5 Å². The highest BCUT2D eigenvalue weighted by atomic mass is 79.9. The number of anilines is 1. The Morgan fingerprint density at radius 2 is 2.00 bits per heavy atom. The molecule has 0 bridgehead atoms. The molecule has 0 radical (unpaired) electrons. The Kier molecular flexibility index (Phi) is 5.09. The molecule has 28 heavy (non-hydrogen) atoms. The molecule has 0 spiro atoms. The molecule has 9 heteroatoms. The van der Waals surface area contributed by atoms with E-state index in [0.717, 1.165) is 21.9 Å². The van der Waals surface area contributed by atoms with Gasteiger partial charge in [0.25, 0.3) is 6.43 Å². The quantitative estimate of drug-likeness (QED) is 0.457. The van der Waals surface area contributed by atoms with Gasteiger partial charge in [0.05, 0.1) is 28.2 Å². The minimum Gasteiger partial charge on any atom is -0.492 e. The normalized spacial score (nSPS) is 14.2. The zero-order valence-corrected chi connectivity index (χ0v) is 16.9. The van der Waals surface area contributed by atoms with Gasteiger partial charge >= 0.3 is 0 Å². The van der Waals surface area contributed by atoms with Crippen LogP contribution in [0.1, 0.15) is 36.1 Å². The number of fused-ring (bicyclic) bond motifs is 3. The summed E-state index contributed by atoms with van der Waals surface area (Å²) in [5.41, 5.74) is 1.04. The molecule has 1 aliphatic rings. The smallest absolute Gasteiger partial charge is 0.266 e. The van der Waals surface area contributed by atoms with Crippen molar-refractivity contribution < 1.29 is 17.9 Å². The van der Waals surface area contributed by atoms with Crippen molar-refractivity contribution in [2.45, 2.75) is 25.8 Å². The first kappa shape index (κ1) is 19.3. The highest BCUT2D eigenvalue weighted by Crippen LogP contribution is 2.41. The summed E-state index contributed by atoms with van der Waals surface area (Å²) in [6.45, 7) is 2.21. The summed E-state index contributed by atoms with van der Waals surface area (Å²) in [6.07, 6.45) is -2.21. The second-order valence-electron chi connectivity index (χ2n) is 6.42. The molecule has 1 unspecified atom stereocenters. The number of nitrogens with one attached hydrogen (secondary N) is 1. The molecule has 1 aromatic heterocycles. The molecule has 0 saturated heterocycles. The Bertz CT molecular complexity index is 1080. The van der Waals surface area contributed by atoms with E-state index in [2.05, 4.69) is 31.2 Å². The van der Waals surface area contributed by atoms with Crippen LogP contribution in [0.2, 0.25) is 5.28 Å². The van der Waals surface area contributed by atoms with Gasteiger partial charge in [0.2, 0.25) is 5.28 Å². The van der Waals surface area contributed by atoms with Gasteiger partial charge in [-0.15, -0.1) is 0 Å². The van der Waals surface area contributed by atoms with Crippen LogP contribution in [0.3, 0.4) is 0 Å². The number of halogens is 5. The molecular formula is C19H14BrClF3N3O. The molecule has 0 saturated carbocycles. The van der Waals surface area contributed by atoms with Crippen LogP contribution in [0, 0.1) is 5.82 Å². The average Bonchev–Trinajstić information content (AvgIpc) is 3.13. The van der Waals surface area contributed by atoms with Crippen LogP contribution in [0.15, 0.2) is 28.7 Å². The zero-order valence-electron chi connectivity index (χ0n) is 14.6. The van der Waals surface area contributed by atoms with Crippen molar-refractivity contribution in [3.05, 3.63) is 56.5 Å². The van der Waals surface area contributed by atoms with E-state index in [1.165, 1.54) is 12.1 Å². The van der Waals surface area contributed by atoms with Crippen molar-refractivity contribution in [3.63, 3.8) is 0 Å². The van der Waals surface area contributed by atoms with E-state index in [9.17, 15) is 13.2 Å². The first-order chi connectivity index (χ1) is 13.4. The van der Waals surface area contributed by atoms with Crippen LogP contribution < -0.4 is 10.1 Å². The third kappa shape index (κ3) is 3.28. The summed E-state index contributed by atoms with van der Waals surface area (Å²) in [4.78, 5) is 8.56. The highest BCUT2D eigenvalue weighted by Gasteiger charge is 2.24. The molecule has 4 rings (SSSR count). The minimum absolute atomic E-state index is 0.0282. The summed E-state index contributed by atoms with van der Waals surface area (Å²) in [7, 11) is 0. The lowest BCUT2D eigenvalue weighted by molar-refractivity contribution is 0.146. The van der Waals surface area contributed by atoms with Gasteiger partial charge in [0, 0.05) is 22.9 Å². The van der Waals surface area contributed by atoms with Crippen molar-refractivity contribution >= 4 is 44.3 Å². The fourth-order valence-electron chi connectivity index (χ4n) is 3.36. The lowest BCUT2D eigenvalue weighted by Gasteiger charge is -2.19. The number of benzene rings is 2. The largest absolute Gasteiger partial charge is 0.492 e. The number of nitrogens with zero attached hydrogens (tertiary/aromatic N) is 2. The first-order valence-corrected chi connectivity index (χ1v) is 9.68. The second kappa shape index (κ2) is 7.40. The monoisotopic (exact) mass is 471 g/mol. The Morgan fingerprint density at radius 3 is 2.75 bits per heavy atom. The number of alkyl halides is 2. The third-order valence-electron chi connectivity index (χ3n) is 4.68. The first-order valence-electron chi connectivity index (χ1n) is 8.51. The highest BCUT2D eigenvalue weighted by molar-refractivity contribution is 9.10. The van der Waals surface area contributed by atoms with Gasteiger partial charge in [0.1, 0.15) is 17.4 Å². The molecule has 0 amide bonds. The van der Waals surface area contributed by atoms with Crippen LogP contribution >= 0.6 is 27.5 Å². The van der Waals surface area contributed by atoms with Crippen molar-refractivity contribution in [2.24, 2.45) is 0 Å². The van der Waals surface area contributed by atoms with Crippen molar-refractivity contribution in [1.82, 2.24) is 9.97 Å². The summed E-state index contributed by atoms with van der Waals surface area (Å²) in [6, 6.07) is 5.12. The SMILES string of the molecule is CC(Nc1nc(Cl)nc2c3c(c(Br)cc12)OCC3)c1cccc(C(F)F)c1F. The number of rotatable bonds is 4. The van der Waals surface area contributed by atoms with Crippen molar-refractivity contribution in [3.8, 4) is 5.75 Å². The zero-order chi connectivity index (χ0) is 20.0. The number of ether oxygens (including phenoxy) is 1. The van der Waals surface area contributed by atoms with Gasteiger partial charge in [-0.25, -0.2) is 23.1 Å². The van der Waals surface area contributed by atoms with Gasteiger partial charge in [-0.3, -0.25) is 0 Å². The maximum atomic E-state index is 14.5. The molecule has 3 aromatic rings. The molecule has 1 aliphatic heterocycles. The number of hydrogen-bond donors (Lipinski definition) is 1. The van der Waals surface area contributed by atoms with Crippen LogP contribution in [0.4, 0.5) is 19.0 Å². The van der Waals surface area contributed by atoms with Crippen molar-refractivity contribution in [2.75, 3.05) is 11.9 Å². The van der Waals surface area contributed by atoms with Gasteiger partial charge in [-0.2, -0.15) is 0 Å². The average molecular weight is 473 g/mol. The second-order valence-corrected chi connectivity index (χ2v) is 7.61. The molecule has 1 atom stereocenters. The van der Waals surface area contributed by atoms with E-state index in [0.29, 0.717) is 29.7 Å². The predicted octanol–water partition coefficient (Wildman–Crippen LogP) is 6.23. The Balaban J connectivity index is 1.79. The topological polar surface area (TPSA) is 47.0 Å². The van der Waals surface area contributed by atoms with Crippen LogP contribution in [-0.4, -0.2) is 16.6 Å². The van der Waals surface area contributed by atoms with E-state index >= 15 is 0 Å². The maximum absolute atomic E-state index is 14.5. The molecule has 146 valence electrons. The Labute approximate surface area is 172 Å². The molecular weight excluding hydrogens is 459 g/mol. The van der Waals surface area contributed by atoms with Gasteiger partial charge in [0.15, 0.2) is 0 Å². The fraction of sp³-hybridized carbons (Fsp3) is 0.263. The van der Waals surface area contributed by atoms with Gasteiger partial charge < -0.3 is 10.1 Å². The predicted molar refractivity (Wildman–Crippen MR) is 105 cm³/mol. The fourth-order valence-corrected chi connectivity index (χ4v) is 4.11. The number of aromatic nitrogens is 2.